The van der Waals surface area contributed by atoms with Gasteiger partial charge in [-0.3, -0.25) is 9.69 Å². The van der Waals surface area contributed by atoms with Crippen molar-refractivity contribution in [3.05, 3.63) is 47.9 Å². The largest absolute Gasteiger partial charge is 0.444 e. The van der Waals surface area contributed by atoms with Crippen molar-refractivity contribution < 1.29 is 14.3 Å². The van der Waals surface area contributed by atoms with Crippen LogP contribution in [0, 0.1) is 0 Å². The predicted molar refractivity (Wildman–Crippen MR) is 74.9 cm³/mol. The summed E-state index contributed by atoms with van der Waals surface area (Å²) in [7, 11) is 0. The average molecular weight is 286 g/mol. The molecule has 3 rings (SSSR count). The molecule has 108 valence electrons. The number of aromatic nitrogens is 2. The van der Waals surface area contributed by atoms with Crippen LogP contribution in [0.15, 0.2) is 36.7 Å². The molecule has 0 atom stereocenters. The summed E-state index contributed by atoms with van der Waals surface area (Å²) in [5.41, 5.74) is 1.17. The van der Waals surface area contributed by atoms with Crippen molar-refractivity contribution >= 4 is 17.8 Å². The Morgan fingerprint density at radius 3 is 2.95 bits per heavy atom. The van der Waals surface area contributed by atoms with Gasteiger partial charge in [-0.1, -0.05) is 30.3 Å². The summed E-state index contributed by atoms with van der Waals surface area (Å²) in [6, 6.07) is 9.40. The normalized spacial score (nSPS) is 14.1. The molecule has 7 heteroatoms. The number of hydrogen-bond donors (Lipinski definition) is 2. The molecule has 0 saturated carbocycles. The predicted octanol–water partition coefficient (Wildman–Crippen LogP) is 1.30. The van der Waals surface area contributed by atoms with Gasteiger partial charge in [-0.25, -0.2) is 9.78 Å². The number of ether oxygens (including phenoxy) is 1. The third-order valence-electron chi connectivity index (χ3n) is 3.15. The number of carbonyl (C=O) groups excluding carboxylic acids is 2. The van der Waals surface area contributed by atoms with E-state index in [9.17, 15) is 9.59 Å². The molecular weight excluding hydrogens is 272 g/mol. The Kier molecular flexibility index (Phi) is 3.55. The minimum Gasteiger partial charge on any atom is -0.444 e. The highest BCUT2D eigenvalue weighted by molar-refractivity contribution is 6.01. The lowest BCUT2D eigenvalue weighted by atomic mass is 10.2. The monoisotopic (exact) mass is 286 g/mol. The van der Waals surface area contributed by atoms with E-state index in [1.54, 1.807) is 0 Å². The zero-order chi connectivity index (χ0) is 14.7. The fourth-order valence-electron chi connectivity index (χ4n) is 2.11. The van der Waals surface area contributed by atoms with Gasteiger partial charge in [0.15, 0.2) is 5.82 Å². The van der Waals surface area contributed by atoms with Crippen LogP contribution in [0.5, 0.6) is 0 Å². The van der Waals surface area contributed by atoms with Crippen molar-refractivity contribution in [1.29, 1.82) is 0 Å². The summed E-state index contributed by atoms with van der Waals surface area (Å²) < 4.78 is 5.28. The van der Waals surface area contributed by atoms with Gasteiger partial charge in [-0.05, 0) is 5.56 Å². The Hall–Kier alpha value is -2.83. The first-order valence-electron chi connectivity index (χ1n) is 6.55. The molecule has 2 heterocycles. The van der Waals surface area contributed by atoms with Gasteiger partial charge in [-0.2, -0.15) is 0 Å². The number of rotatable bonds is 2. The molecule has 0 radical (unpaired) electrons. The molecule has 0 unspecified atom stereocenters. The SMILES string of the molecule is O=C1NCCN(C(=O)OCc2ccccc2)c2nc[nH]c21. The van der Waals surface area contributed by atoms with Crippen molar-refractivity contribution in [1.82, 2.24) is 15.3 Å². The molecule has 21 heavy (non-hydrogen) atoms. The second kappa shape index (κ2) is 5.66. The van der Waals surface area contributed by atoms with Crippen LogP contribution in [-0.2, 0) is 11.3 Å². The van der Waals surface area contributed by atoms with Crippen LogP contribution in [0.1, 0.15) is 16.1 Å². The van der Waals surface area contributed by atoms with Crippen molar-refractivity contribution in [2.75, 3.05) is 18.0 Å². The molecule has 2 amide bonds. The minimum absolute atomic E-state index is 0.178. The van der Waals surface area contributed by atoms with Gasteiger partial charge < -0.3 is 15.0 Å². The lowest BCUT2D eigenvalue weighted by Gasteiger charge is -2.18. The lowest BCUT2D eigenvalue weighted by molar-refractivity contribution is 0.0953. The summed E-state index contributed by atoms with van der Waals surface area (Å²) in [5, 5.41) is 2.69. The first-order valence-corrected chi connectivity index (χ1v) is 6.55. The van der Waals surface area contributed by atoms with Crippen molar-refractivity contribution in [3.63, 3.8) is 0 Å². The van der Waals surface area contributed by atoms with E-state index < -0.39 is 6.09 Å². The first kappa shape index (κ1) is 13.2. The van der Waals surface area contributed by atoms with Crippen LogP contribution in [-0.4, -0.2) is 35.1 Å². The van der Waals surface area contributed by atoms with Gasteiger partial charge in [0.1, 0.15) is 12.3 Å². The topological polar surface area (TPSA) is 87.3 Å². The maximum absolute atomic E-state index is 12.2. The van der Waals surface area contributed by atoms with Crippen LogP contribution in [0.4, 0.5) is 10.6 Å². The number of benzene rings is 1. The Balaban J connectivity index is 1.73. The second-order valence-electron chi connectivity index (χ2n) is 4.55. The number of anilines is 1. The quantitative estimate of drug-likeness (QED) is 0.871. The van der Waals surface area contributed by atoms with Gasteiger partial charge in [0.25, 0.3) is 5.91 Å². The number of aromatic amines is 1. The molecular formula is C14H14N4O3. The first-order chi connectivity index (χ1) is 10.3. The van der Waals surface area contributed by atoms with Crippen LogP contribution in [0.25, 0.3) is 0 Å². The number of fused-ring (bicyclic) bond motifs is 1. The fourth-order valence-corrected chi connectivity index (χ4v) is 2.11. The molecule has 1 aromatic heterocycles. The molecule has 2 N–H and O–H groups in total. The van der Waals surface area contributed by atoms with E-state index in [0.29, 0.717) is 18.9 Å². The molecule has 2 aromatic rings. The maximum atomic E-state index is 12.2. The number of carbonyl (C=O) groups is 2. The van der Waals surface area contributed by atoms with E-state index in [1.165, 1.54) is 11.2 Å². The van der Waals surface area contributed by atoms with Crippen molar-refractivity contribution in [3.8, 4) is 0 Å². The number of nitrogens with one attached hydrogen (secondary N) is 2. The van der Waals surface area contributed by atoms with Gasteiger partial charge in [0.2, 0.25) is 0 Å². The molecule has 1 aliphatic rings. The number of H-pyrrole nitrogens is 1. The number of hydrogen-bond acceptors (Lipinski definition) is 4. The molecule has 0 fully saturated rings. The Labute approximate surface area is 120 Å². The fraction of sp³-hybridized carbons (Fsp3) is 0.214. The highest BCUT2D eigenvalue weighted by Crippen LogP contribution is 2.19. The smallest absolute Gasteiger partial charge is 0.415 e. The van der Waals surface area contributed by atoms with Crippen molar-refractivity contribution in [2.24, 2.45) is 0 Å². The number of imidazole rings is 1. The van der Waals surface area contributed by atoms with Crippen LogP contribution >= 0.6 is 0 Å². The van der Waals surface area contributed by atoms with Gasteiger partial charge in [0, 0.05) is 13.1 Å². The Morgan fingerprint density at radius 2 is 2.14 bits per heavy atom. The summed E-state index contributed by atoms with van der Waals surface area (Å²) in [5.74, 6) is 0.0175. The minimum atomic E-state index is -0.524. The summed E-state index contributed by atoms with van der Waals surface area (Å²) in [6.07, 6.45) is 0.858. The molecule has 1 aliphatic heterocycles. The molecule has 0 aliphatic carbocycles. The summed E-state index contributed by atoms with van der Waals surface area (Å²) in [6.45, 7) is 0.845. The van der Waals surface area contributed by atoms with Gasteiger partial charge in [0.05, 0.1) is 6.33 Å². The highest BCUT2D eigenvalue weighted by atomic mass is 16.6. The molecule has 0 spiro atoms. The van der Waals surface area contributed by atoms with E-state index in [-0.39, 0.29) is 18.2 Å². The van der Waals surface area contributed by atoms with Crippen LogP contribution in [0.3, 0.4) is 0 Å². The third kappa shape index (κ3) is 2.71. The van der Waals surface area contributed by atoms with E-state index in [2.05, 4.69) is 15.3 Å². The lowest BCUT2D eigenvalue weighted by Crippen LogP contribution is -2.35. The Morgan fingerprint density at radius 1 is 1.33 bits per heavy atom. The summed E-state index contributed by atoms with van der Waals surface area (Å²) >= 11 is 0. The van der Waals surface area contributed by atoms with Gasteiger partial charge >= 0.3 is 6.09 Å². The number of nitrogens with zero attached hydrogens (tertiary/aromatic N) is 2. The molecule has 0 bridgehead atoms. The number of amides is 2. The third-order valence-corrected chi connectivity index (χ3v) is 3.15. The van der Waals surface area contributed by atoms with E-state index in [1.807, 2.05) is 30.3 Å². The van der Waals surface area contributed by atoms with E-state index in [0.717, 1.165) is 5.56 Å². The van der Waals surface area contributed by atoms with Crippen LogP contribution < -0.4 is 10.2 Å². The zero-order valence-electron chi connectivity index (χ0n) is 11.2. The van der Waals surface area contributed by atoms with Crippen molar-refractivity contribution in [2.45, 2.75) is 6.61 Å². The maximum Gasteiger partial charge on any atom is 0.415 e. The zero-order valence-corrected chi connectivity index (χ0v) is 11.2. The average Bonchev–Trinajstić information content (AvgIpc) is 2.94. The van der Waals surface area contributed by atoms with Gasteiger partial charge in [-0.15, -0.1) is 0 Å². The van der Waals surface area contributed by atoms with Crippen LogP contribution in [0.2, 0.25) is 0 Å². The van der Waals surface area contributed by atoms with E-state index in [4.69, 9.17) is 4.74 Å². The molecule has 7 nitrogen and oxygen atoms in total. The van der Waals surface area contributed by atoms with E-state index >= 15 is 0 Å². The Bertz CT molecular complexity index is 653. The second-order valence-corrected chi connectivity index (χ2v) is 4.55. The standard InChI is InChI=1S/C14H14N4O3/c19-13-11-12(17-9-16-11)18(7-6-15-13)14(20)21-8-10-4-2-1-3-5-10/h1-5,9H,6-8H2,(H,15,19)(H,16,17). The highest BCUT2D eigenvalue weighted by Gasteiger charge is 2.28. The molecule has 0 saturated heterocycles. The molecule has 1 aromatic carbocycles. The summed E-state index contributed by atoms with van der Waals surface area (Å²) in [4.78, 5) is 32.1.